The van der Waals surface area contributed by atoms with Crippen molar-refractivity contribution in [2.75, 3.05) is 0 Å². The number of hydrogen-bond donors (Lipinski definition) is 3. The summed E-state index contributed by atoms with van der Waals surface area (Å²) in [5, 5.41) is 22.6. The van der Waals surface area contributed by atoms with Crippen LogP contribution in [-0.4, -0.2) is 59.2 Å². The third-order valence-corrected chi connectivity index (χ3v) is 4.09. The van der Waals surface area contributed by atoms with E-state index in [0.717, 1.165) is 11.3 Å². The number of carboxylic acid groups (broad SMARTS) is 1. The standard InChI is InChI=1S/C18H19N7O5/c26-15(9-25-16(22-23-24-25)6-13-8-19-11-20-13)14(7-17(27)28)21-18(29)30-10-12-4-2-1-3-5-12/h1-5,8,11,14H,6-7,9-10H2,(H,19,20)(H,21,29)(H,27,28). The van der Waals surface area contributed by atoms with Crippen molar-refractivity contribution in [3.05, 3.63) is 59.9 Å². The van der Waals surface area contributed by atoms with Gasteiger partial charge in [0.1, 0.15) is 19.2 Å². The number of ketones is 1. The number of Topliss-reactive ketones (excluding diaryl/α,β-unsaturated/α-hetero) is 1. The summed E-state index contributed by atoms with van der Waals surface area (Å²) in [4.78, 5) is 42.7. The molecule has 2 aromatic heterocycles. The van der Waals surface area contributed by atoms with E-state index in [0.29, 0.717) is 12.2 Å². The summed E-state index contributed by atoms with van der Waals surface area (Å²) in [5.41, 5.74) is 1.49. The molecule has 3 aromatic rings. The lowest BCUT2D eigenvalue weighted by atomic mass is 10.1. The molecule has 2 heterocycles. The predicted octanol–water partition coefficient (Wildman–Crippen LogP) is 0.326. The molecule has 0 aliphatic rings. The zero-order valence-electron chi connectivity index (χ0n) is 15.8. The van der Waals surface area contributed by atoms with Gasteiger partial charge >= 0.3 is 12.1 Å². The highest BCUT2D eigenvalue weighted by atomic mass is 16.5. The minimum Gasteiger partial charge on any atom is -0.481 e. The molecular weight excluding hydrogens is 394 g/mol. The lowest BCUT2D eigenvalue weighted by Gasteiger charge is -2.16. The van der Waals surface area contributed by atoms with E-state index in [1.807, 2.05) is 6.07 Å². The maximum Gasteiger partial charge on any atom is 0.408 e. The average Bonchev–Trinajstić information content (AvgIpc) is 3.39. The second-order valence-corrected chi connectivity index (χ2v) is 6.33. The van der Waals surface area contributed by atoms with Crippen molar-refractivity contribution in [2.45, 2.75) is 32.0 Å². The van der Waals surface area contributed by atoms with E-state index in [2.05, 4.69) is 30.8 Å². The second-order valence-electron chi connectivity index (χ2n) is 6.33. The van der Waals surface area contributed by atoms with Gasteiger partial charge in [-0.2, -0.15) is 0 Å². The van der Waals surface area contributed by atoms with Crippen LogP contribution < -0.4 is 5.32 Å². The molecule has 0 bridgehead atoms. The predicted molar refractivity (Wildman–Crippen MR) is 100 cm³/mol. The zero-order valence-corrected chi connectivity index (χ0v) is 15.8. The number of hydrogen-bond acceptors (Lipinski definition) is 8. The maximum absolute atomic E-state index is 12.6. The van der Waals surface area contributed by atoms with Crippen molar-refractivity contribution in [1.29, 1.82) is 0 Å². The number of ether oxygens (including phenoxy) is 1. The number of benzene rings is 1. The fraction of sp³-hybridized carbons (Fsp3) is 0.278. The molecule has 156 valence electrons. The number of carbonyl (C=O) groups excluding carboxylic acids is 2. The van der Waals surface area contributed by atoms with Crippen molar-refractivity contribution in [3.63, 3.8) is 0 Å². The van der Waals surface area contributed by atoms with E-state index in [1.165, 1.54) is 11.0 Å². The Bertz CT molecular complexity index is 988. The van der Waals surface area contributed by atoms with Gasteiger partial charge in [-0.3, -0.25) is 9.59 Å². The van der Waals surface area contributed by atoms with Crippen molar-refractivity contribution in [1.82, 2.24) is 35.5 Å². The number of aromatic amines is 1. The molecule has 0 fully saturated rings. The summed E-state index contributed by atoms with van der Waals surface area (Å²) >= 11 is 0. The van der Waals surface area contributed by atoms with Crippen LogP contribution in [-0.2, 0) is 33.9 Å². The summed E-state index contributed by atoms with van der Waals surface area (Å²) in [6.45, 7) is -0.324. The lowest BCUT2D eigenvalue weighted by molar-refractivity contribution is -0.139. The van der Waals surface area contributed by atoms with Crippen molar-refractivity contribution in [3.8, 4) is 0 Å². The van der Waals surface area contributed by atoms with Crippen molar-refractivity contribution < 1.29 is 24.2 Å². The molecular formula is C18H19N7O5. The fourth-order valence-corrected chi connectivity index (χ4v) is 2.61. The maximum atomic E-state index is 12.6. The van der Waals surface area contributed by atoms with Gasteiger partial charge in [-0.25, -0.2) is 14.5 Å². The Labute approximate surface area is 170 Å². The first-order valence-corrected chi connectivity index (χ1v) is 8.95. The summed E-state index contributed by atoms with van der Waals surface area (Å²) in [6, 6.07) is 7.65. The number of rotatable bonds is 10. The number of alkyl carbamates (subject to hydrolysis) is 1. The van der Waals surface area contributed by atoms with E-state index < -0.39 is 30.3 Å². The topological polar surface area (TPSA) is 165 Å². The number of tetrazole rings is 1. The number of imidazole rings is 1. The number of carbonyl (C=O) groups is 3. The van der Waals surface area contributed by atoms with Crippen LogP contribution in [0, 0.1) is 0 Å². The number of aliphatic carboxylic acids is 1. The van der Waals surface area contributed by atoms with Gasteiger partial charge in [-0.15, -0.1) is 5.10 Å². The van der Waals surface area contributed by atoms with Gasteiger partial charge in [-0.05, 0) is 16.0 Å². The largest absolute Gasteiger partial charge is 0.481 e. The highest BCUT2D eigenvalue weighted by Gasteiger charge is 2.26. The Morgan fingerprint density at radius 2 is 2.03 bits per heavy atom. The van der Waals surface area contributed by atoms with Crippen LogP contribution in [0.1, 0.15) is 23.5 Å². The van der Waals surface area contributed by atoms with Crippen LogP contribution in [0.3, 0.4) is 0 Å². The molecule has 3 N–H and O–H groups in total. The Morgan fingerprint density at radius 1 is 1.23 bits per heavy atom. The molecule has 1 unspecified atom stereocenters. The summed E-state index contributed by atoms with van der Waals surface area (Å²) in [7, 11) is 0. The minimum atomic E-state index is -1.30. The fourth-order valence-electron chi connectivity index (χ4n) is 2.61. The second kappa shape index (κ2) is 9.91. The molecule has 1 aromatic carbocycles. The highest BCUT2D eigenvalue weighted by Crippen LogP contribution is 2.05. The summed E-state index contributed by atoms with van der Waals surface area (Å²) < 4.78 is 6.31. The third-order valence-electron chi connectivity index (χ3n) is 4.09. The number of H-pyrrole nitrogens is 1. The molecule has 0 saturated heterocycles. The molecule has 1 amide bonds. The molecule has 0 radical (unpaired) electrons. The van der Waals surface area contributed by atoms with Gasteiger partial charge in [0.25, 0.3) is 0 Å². The van der Waals surface area contributed by atoms with E-state index in [-0.39, 0.29) is 13.2 Å². The van der Waals surface area contributed by atoms with Crippen LogP contribution in [0.25, 0.3) is 0 Å². The van der Waals surface area contributed by atoms with E-state index >= 15 is 0 Å². The number of nitrogens with one attached hydrogen (secondary N) is 2. The van der Waals surface area contributed by atoms with Gasteiger partial charge < -0.3 is 20.1 Å². The molecule has 0 saturated carbocycles. The van der Waals surface area contributed by atoms with Gasteiger partial charge in [0, 0.05) is 11.9 Å². The molecule has 0 spiro atoms. The molecule has 1 atom stereocenters. The third kappa shape index (κ3) is 5.95. The summed E-state index contributed by atoms with van der Waals surface area (Å²) in [5.74, 6) is -1.44. The first-order valence-electron chi connectivity index (χ1n) is 8.95. The SMILES string of the molecule is O=C(O)CC(NC(=O)OCc1ccccc1)C(=O)Cn1nnnc1Cc1cnc[nH]1. The number of carboxylic acids is 1. The molecule has 12 nitrogen and oxygen atoms in total. The molecule has 12 heteroatoms. The van der Waals surface area contributed by atoms with E-state index in [9.17, 15) is 14.4 Å². The van der Waals surface area contributed by atoms with Crippen LogP contribution >= 0.6 is 0 Å². The monoisotopic (exact) mass is 413 g/mol. The van der Waals surface area contributed by atoms with Gasteiger partial charge in [-0.1, -0.05) is 30.3 Å². The molecule has 3 rings (SSSR count). The summed E-state index contributed by atoms with van der Waals surface area (Å²) in [6.07, 6.45) is 1.90. The normalized spacial score (nSPS) is 11.6. The Hall–Kier alpha value is -4.09. The zero-order chi connectivity index (χ0) is 21.3. The minimum absolute atomic E-state index is 0.0119. The Kier molecular flexibility index (Phi) is 6.82. The van der Waals surface area contributed by atoms with Gasteiger partial charge in [0.05, 0.1) is 19.2 Å². The first-order chi connectivity index (χ1) is 14.5. The Balaban J connectivity index is 1.60. The molecule has 30 heavy (non-hydrogen) atoms. The lowest BCUT2D eigenvalue weighted by Crippen LogP contribution is -2.44. The van der Waals surface area contributed by atoms with Gasteiger partial charge in [0.15, 0.2) is 11.6 Å². The Morgan fingerprint density at radius 3 is 2.73 bits per heavy atom. The smallest absolute Gasteiger partial charge is 0.408 e. The van der Waals surface area contributed by atoms with Crippen molar-refractivity contribution in [2.24, 2.45) is 0 Å². The quantitative estimate of drug-likeness (QED) is 0.424. The molecule has 0 aliphatic carbocycles. The van der Waals surface area contributed by atoms with Crippen molar-refractivity contribution >= 4 is 17.8 Å². The van der Waals surface area contributed by atoms with Crippen LogP contribution in [0.15, 0.2) is 42.9 Å². The van der Waals surface area contributed by atoms with Crippen LogP contribution in [0.4, 0.5) is 4.79 Å². The van der Waals surface area contributed by atoms with Gasteiger partial charge in [0.2, 0.25) is 0 Å². The molecule has 0 aliphatic heterocycles. The average molecular weight is 413 g/mol. The van der Waals surface area contributed by atoms with Crippen LogP contribution in [0.5, 0.6) is 0 Å². The number of nitrogens with zero attached hydrogens (tertiary/aromatic N) is 5. The first kappa shape index (κ1) is 20.6. The van der Waals surface area contributed by atoms with Crippen LogP contribution in [0.2, 0.25) is 0 Å². The van der Waals surface area contributed by atoms with E-state index in [4.69, 9.17) is 9.84 Å². The van der Waals surface area contributed by atoms with E-state index in [1.54, 1.807) is 30.5 Å². The number of aromatic nitrogens is 6. The number of amides is 1. The highest BCUT2D eigenvalue weighted by molar-refractivity contribution is 5.90.